The summed E-state index contributed by atoms with van der Waals surface area (Å²) in [5.41, 5.74) is 5.93. The standard InChI is InChI=1S/C20H17N5O/c1-14(16-10-6-8-15-7-2-3-9-17(15)16)21-23-20(26)13-25-19-12-5-4-11-18(19)22-24-25/h2-12H,13H2,1H3,(H,23,26)/b21-14+. The molecule has 0 saturated heterocycles. The molecule has 0 aliphatic carbocycles. The van der Waals surface area contributed by atoms with Crippen LogP contribution in [0.4, 0.5) is 0 Å². The fourth-order valence-corrected chi connectivity index (χ4v) is 2.95. The summed E-state index contributed by atoms with van der Waals surface area (Å²) in [7, 11) is 0. The van der Waals surface area contributed by atoms with Crippen LogP contribution in [0.15, 0.2) is 71.8 Å². The molecule has 0 unspecified atom stereocenters. The summed E-state index contributed by atoms with van der Waals surface area (Å²) in [4.78, 5) is 12.2. The molecule has 4 rings (SSSR count). The van der Waals surface area contributed by atoms with E-state index >= 15 is 0 Å². The zero-order valence-corrected chi connectivity index (χ0v) is 14.3. The third-order valence-corrected chi connectivity index (χ3v) is 4.24. The Balaban J connectivity index is 1.52. The zero-order valence-electron chi connectivity index (χ0n) is 14.3. The van der Waals surface area contributed by atoms with Crippen molar-refractivity contribution in [2.24, 2.45) is 5.10 Å². The Labute approximate surface area is 150 Å². The quantitative estimate of drug-likeness (QED) is 0.457. The Morgan fingerprint density at radius 3 is 2.73 bits per heavy atom. The second kappa shape index (κ2) is 6.76. The molecule has 128 valence electrons. The van der Waals surface area contributed by atoms with Crippen molar-refractivity contribution in [2.75, 3.05) is 0 Å². The van der Waals surface area contributed by atoms with E-state index in [0.29, 0.717) is 0 Å². The minimum Gasteiger partial charge on any atom is -0.271 e. The number of benzene rings is 3. The van der Waals surface area contributed by atoms with Crippen LogP contribution in [-0.2, 0) is 11.3 Å². The van der Waals surface area contributed by atoms with Crippen LogP contribution in [0.2, 0.25) is 0 Å². The van der Waals surface area contributed by atoms with Crippen LogP contribution in [0.25, 0.3) is 21.8 Å². The third kappa shape index (κ3) is 3.04. The van der Waals surface area contributed by atoms with Crippen LogP contribution in [0.1, 0.15) is 12.5 Å². The number of carbonyl (C=O) groups is 1. The molecule has 1 aromatic heterocycles. The molecule has 0 aliphatic rings. The lowest BCUT2D eigenvalue weighted by molar-refractivity contribution is -0.121. The van der Waals surface area contributed by atoms with Crippen LogP contribution >= 0.6 is 0 Å². The van der Waals surface area contributed by atoms with Gasteiger partial charge in [-0.05, 0) is 29.8 Å². The maximum Gasteiger partial charge on any atom is 0.261 e. The van der Waals surface area contributed by atoms with Crippen molar-refractivity contribution in [3.63, 3.8) is 0 Å². The first-order chi connectivity index (χ1) is 12.7. The number of amides is 1. The molecule has 6 heteroatoms. The number of fused-ring (bicyclic) bond motifs is 2. The molecular weight excluding hydrogens is 326 g/mol. The van der Waals surface area contributed by atoms with Gasteiger partial charge in [-0.3, -0.25) is 4.79 Å². The normalized spacial score (nSPS) is 11.8. The van der Waals surface area contributed by atoms with Gasteiger partial charge >= 0.3 is 0 Å². The highest BCUT2D eigenvalue weighted by atomic mass is 16.2. The number of nitrogens with zero attached hydrogens (tertiary/aromatic N) is 4. The van der Waals surface area contributed by atoms with Gasteiger partial charge in [0.1, 0.15) is 12.1 Å². The van der Waals surface area contributed by atoms with E-state index in [2.05, 4.69) is 33.0 Å². The minimum absolute atomic E-state index is 0.0623. The van der Waals surface area contributed by atoms with E-state index in [1.807, 2.05) is 61.5 Å². The Hall–Kier alpha value is -3.54. The highest BCUT2D eigenvalue weighted by Gasteiger charge is 2.09. The van der Waals surface area contributed by atoms with E-state index in [-0.39, 0.29) is 12.5 Å². The molecule has 1 amide bonds. The lowest BCUT2D eigenvalue weighted by atomic mass is 10.0. The zero-order chi connectivity index (χ0) is 17.9. The summed E-state index contributed by atoms with van der Waals surface area (Å²) >= 11 is 0. The van der Waals surface area contributed by atoms with E-state index in [1.54, 1.807) is 4.68 Å². The summed E-state index contributed by atoms with van der Waals surface area (Å²) in [5, 5.41) is 14.6. The number of hydrogen-bond donors (Lipinski definition) is 1. The van der Waals surface area contributed by atoms with Gasteiger partial charge in [-0.2, -0.15) is 5.10 Å². The molecule has 3 aromatic carbocycles. The van der Waals surface area contributed by atoms with Gasteiger partial charge in [0, 0.05) is 5.56 Å². The third-order valence-electron chi connectivity index (χ3n) is 4.24. The van der Waals surface area contributed by atoms with E-state index in [1.165, 1.54) is 0 Å². The van der Waals surface area contributed by atoms with Crippen LogP contribution < -0.4 is 5.43 Å². The first kappa shape index (κ1) is 16.0. The summed E-state index contributed by atoms with van der Waals surface area (Å²) in [6, 6.07) is 21.7. The van der Waals surface area contributed by atoms with Crippen LogP contribution in [0, 0.1) is 0 Å². The van der Waals surface area contributed by atoms with Crippen molar-refractivity contribution in [3.8, 4) is 0 Å². The summed E-state index contributed by atoms with van der Waals surface area (Å²) < 4.78 is 1.56. The monoisotopic (exact) mass is 343 g/mol. The Morgan fingerprint density at radius 1 is 1.04 bits per heavy atom. The van der Waals surface area contributed by atoms with Crippen molar-refractivity contribution < 1.29 is 4.79 Å². The molecule has 0 atom stereocenters. The second-order valence-corrected chi connectivity index (χ2v) is 5.99. The maximum absolute atomic E-state index is 12.2. The lowest BCUT2D eigenvalue weighted by Crippen LogP contribution is -2.24. The predicted octanol–water partition coefficient (Wildman–Crippen LogP) is 3.12. The molecule has 1 N–H and O–H groups in total. The van der Waals surface area contributed by atoms with Gasteiger partial charge in [0.15, 0.2) is 0 Å². The molecule has 0 aliphatic heterocycles. The number of carbonyl (C=O) groups excluding carboxylic acids is 1. The van der Waals surface area contributed by atoms with Crippen molar-refractivity contribution in [1.29, 1.82) is 0 Å². The van der Waals surface area contributed by atoms with E-state index < -0.39 is 0 Å². The van der Waals surface area contributed by atoms with Crippen LogP contribution in [0.5, 0.6) is 0 Å². The number of aromatic nitrogens is 3. The predicted molar refractivity (Wildman–Crippen MR) is 102 cm³/mol. The fourth-order valence-electron chi connectivity index (χ4n) is 2.95. The molecular formula is C20H17N5O. The summed E-state index contributed by atoms with van der Waals surface area (Å²) in [6.07, 6.45) is 0. The fraction of sp³-hybridized carbons (Fsp3) is 0.100. The van der Waals surface area contributed by atoms with Crippen molar-refractivity contribution in [2.45, 2.75) is 13.5 Å². The van der Waals surface area contributed by atoms with Gasteiger partial charge in [-0.15, -0.1) is 5.10 Å². The minimum atomic E-state index is -0.250. The van der Waals surface area contributed by atoms with E-state index in [0.717, 1.165) is 33.1 Å². The average molecular weight is 343 g/mol. The number of hydrogen-bond acceptors (Lipinski definition) is 4. The second-order valence-electron chi connectivity index (χ2n) is 5.99. The van der Waals surface area contributed by atoms with Gasteiger partial charge in [0.05, 0.1) is 11.2 Å². The molecule has 4 aromatic rings. The lowest BCUT2D eigenvalue weighted by Gasteiger charge is -2.07. The molecule has 0 radical (unpaired) electrons. The molecule has 26 heavy (non-hydrogen) atoms. The largest absolute Gasteiger partial charge is 0.271 e. The van der Waals surface area contributed by atoms with Crippen LogP contribution in [-0.4, -0.2) is 26.6 Å². The molecule has 0 bridgehead atoms. The van der Waals surface area contributed by atoms with Crippen LogP contribution in [0.3, 0.4) is 0 Å². The first-order valence-electron chi connectivity index (χ1n) is 8.32. The van der Waals surface area contributed by atoms with Gasteiger partial charge in [0.2, 0.25) is 0 Å². The van der Waals surface area contributed by atoms with Crippen molar-refractivity contribution in [1.82, 2.24) is 20.4 Å². The van der Waals surface area contributed by atoms with Crippen molar-refractivity contribution >= 4 is 33.4 Å². The number of nitrogens with one attached hydrogen (secondary N) is 1. The Bertz CT molecular complexity index is 1120. The molecule has 6 nitrogen and oxygen atoms in total. The van der Waals surface area contributed by atoms with E-state index in [9.17, 15) is 4.79 Å². The Kier molecular flexibility index (Phi) is 4.15. The number of para-hydroxylation sites is 1. The van der Waals surface area contributed by atoms with Crippen molar-refractivity contribution in [3.05, 3.63) is 72.3 Å². The highest BCUT2D eigenvalue weighted by Crippen LogP contribution is 2.19. The van der Waals surface area contributed by atoms with E-state index in [4.69, 9.17) is 0 Å². The smallest absolute Gasteiger partial charge is 0.261 e. The first-order valence-corrected chi connectivity index (χ1v) is 8.32. The Morgan fingerprint density at radius 2 is 1.81 bits per heavy atom. The summed E-state index contributed by atoms with van der Waals surface area (Å²) in [5.74, 6) is -0.250. The average Bonchev–Trinajstić information content (AvgIpc) is 3.08. The van der Waals surface area contributed by atoms with Gasteiger partial charge in [-0.1, -0.05) is 59.8 Å². The molecule has 1 heterocycles. The highest BCUT2D eigenvalue weighted by molar-refractivity contribution is 6.09. The maximum atomic E-state index is 12.2. The SMILES string of the molecule is C/C(=N\NC(=O)Cn1nnc2ccccc21)c1cccc2ccccc12. The topological polar surface area (TPSA) is 72.2 Å². The van der Waals surface area contributed by atoms with Gasteiger partial charge in [0.25, 0.3) is 5.91 Å². The van der Waals surface area contributed by atoms with Gasteiger partial charge in [-0.25, -0.2) is 10.1 Å². The molecule has 0 spiro atoms. The van der Waals surface area contributed by atoms with Gasteiger partial charge < -0.3 is 0 Å². The number of rotatable bonds is 4. The number of hydrazone groups is 1. The molecule has 0 saturated carbocycles. The molecule has 0 fully saturated rings. The summed E-state index contributed by atoms with van der Waals surface area (Å²) in [6.45, 7) is 1.94.